The lowest BCUT2D eigenvalue weighted by molar-refractivity contribution is -0.160. The van der Waals surface area contributed by atoms with Gasteiger partial charge in [-0.2, -0.15) is 0 Å². The molecule has 0 amide bonds. The molecule has 20 heavy (non-hydrogen) atoms. The summed E-state index contributed by atoms with van der Waals surface area (Å²) in [6.45, 7) is 1.14. The molecular weight excluding hydrogens is 336 g/mol. The molecule has 0 bridgehead atoms. The molecule has 4 nitrogen and oxygen atoms in total. The van der Waals surface area contributed by atoms with Crippen molar-refractivity contribution in [1.82, 2.24) is 4.90 Å². The van der Waals surface area contributed by atoms with Gasteiger partial charge in [-0.15, -0.1) is 0 Å². The second-order valence-electron chi connectivity index (χ2n) is 4.44. The third kappa shape index (κ3) is 3.34. The van der Waals surface area contributed by atoms with E-state index in [9.17, 15) is 13.6 Å². The maximum Gasteiger partial charge on any atom is 0.336 e. The molecule has 2 rings (SSSR count). The van der Waals surface area contributed by atoms with Crippen LogP contribution in [0.5, 0.6) is 0 Å². The van der Waals surface area contributed by atoms with Crippen LogP contribution in [-0.2, 0) is 20.8 Å². The quantitative estimate of drug-likeness (QED) is 0.618. The van der Waals surface area contributed by atoms with Crippen molar-refractivity contribution in [3.05, 3.63) is 33.8 Å². The topological polar surface area (TPSA) is 38.8 Å². The number of methoxy groups -OCH3 is 1. The predicted octanol–water partition coefficient (Wildman–Crippen LogP) is 2.10. The molecule has 1 atom stereocenters. The van der Waals surface area contributed by atoms with E-state index in [2.05, 4.69) is 20.7 Å². The van der Waals surface area contributed by atoms with Crippen molar-refractivity contribution < 1.29 is 23.0 Å². The first kappa shape index (κ1) is 15.3. The molecule has 0 radical (unpaired) electrons. The zero-order chi connectivity index (χ0) is 14.7. The molecule has 1 aliphatic heterocycles. The van der Waals surface area contributed by atoms with Crippen LogP contribution in [0, 0.1) is 11.6 Å². The predicted molar refractivity (Wildman–Crippen MR) is 71.1 cm³/mol. The molecule has 0 saturated carbocycles. The van der Waals surface area contributed by atoms with Crippen LogP contribution in [0.3, 0.4) is 0 Å². The van der Waals surface area contributed by atoms with Gasteiger partial charge in [0.25, 0.3) is 0 Å². The average molecular weight is 350 g/mol. The maximum absolute atomic E-state index is 13.9. The summed E-state index contributed by atoms with van der Waals surface area (Å²) in [5.74, 6) is -1.71. The lowest BCUT2D eigenvalue weighted by Gasteiger charge is -2.31. The van der Waals surface area contributed by atoms with E-state index in [1.807, 2.05) is 0 Å². The average Bonchev–Trinajstić information content (AvgIpc) is 2.47. The molecule has 0 aliphatic carbocycles. The van der Waals surface area contributed by atoms with Gasteiger partial charge in [0, 0.05) is 25.2 Å². The molecule has 1 unspecified atom stereocenters. The summed E-state index contributed by atoms with van der Waals surface area (Å²) in [6, 6.07) is 2.53. The first-order valence-corrected chi connectivity index (χ1v) is 6.86. The second-order valence-corrected chi connectivity index (χ2v) is 5.29. The Hall–Kier alpha value is -1.05. The lowest BCUT2D eigenvalue weighted by atomic mass is 10.1. The van der Waals surface area contributed by atoms with Crippen LogP contribution >= 0.6 is 15.9 Å². The Bertz CT molecular complexity index is 513. The van der Waals surface area contributed by atoms with Gasteiger partial charge in [0.2, 0.25) is 0 Å². The molecule has 1 aromatic carbocycles. The smallest absolute Gasteiger partial charge is 0.336 e. The van der Waals surface area contributed by atoms with E-state index < -0.39 is 23.7 Å². The summed E-state index contributed by atoms with van der Waals surface area (Å²) in [5, 5.41) is 0. The fraction of sp³-hybridized carbons (Fsp3) is 0.462. The highest BCUT2D eigenvalue weighted by molar-refractivity contribution is 9.10. The van der Waals surface area contributed by atoms with E-state index in [-0.39, 0.29) is 23.1 Å². The fourth-order valence-corrected chi connectivity index (χ4v) is 2.43. The fourth-order valence-electron chi connectivity index (χ4n) is 2.06. The van der Waals surface area contributed by atoms with Crippen LogP contribution in [0.1, 0.15) is 5.56 Å². The molecule has 110 valence electrons. The maximum atomic E-state index is 13.9. The number of nitrogens with zero attached hydrogens (tertiary/aromatic N) is 1. The summed E-state index contributed by atoms with van der Waals surface area (Å²) in [7, 11) is 1.28. The minimum absolute atomic E-state index is 0.0232. The van der Waals surface area contributed by atoms with Gasteiger partial charge in [-0.3, -0.25) is 4.90 Å². The summed E-state index contributed by atoms with van der Waals surface area (Å²) in [4.78, 5) is 13.2. The number of morpholine rings is 1. The third-order valence-corrected chi connectivity index (χ3v) is 3.75. The molecule has 1 saturated heterocycles. The van der Waals surface area contributed by atoms with Gasteiger partial charge in [-0.1, -0.05) is 0 Å². The minimum atomic E-state index is -0.716. The molecule has 7 heteroatoms. The number of esters is 1. The first-order valence-electron chi connectivity index (χ1n) is 6.07. The largest absolute Gasteiger partial charge is 0.467 e. The molecule has 0 aromatic heterocycles. The summed E-state index contributed by atoms with van der Waals surface area (Å²) < 4.78 is 37.7. The van der Waals surface area contributed by atoms with E-state index in [0.717, 1.165) is 0 Å². The number of ether oxygens (including phenoxy) is 2. The highest BCUT2D eigenvalue weighted by Gasteiger charge is 2.28. The number of hydrogen-bond acceptors (Lipinski definition) is 4. The van der Waals surface area contributed by atoms with Gasteiger partial charge in [0.05, 0.1) is 18.2 Å². The van der Waals surface area contributed by atoms with Gasteiger partial charge in [-0.25, -0.2) is 13.6 Å². The summed E-state index contributed by atoms with van der Waals surface area (Å²) in [6.07, 6.45) is -0.716. The Morgan fingerprint density at radius 2 is 2.30 bits per heavy atom. The van der Waals surface area contributed by atoms with Gasteiger partial charge in [-0.05, 0) is 28.1 Å². The van der Waals surface area contributed by atoms with E-state index in [1.54, 1.807) is 4.90 Å². The van der Waals surface area contributed by atoms with Crippen LogP contribution < -0.4 is 0 Å². The van der Waals surface area contributed by atoms with E-state index >= 15 is 0 Å². The molecule has 0 N–H and O–H groups in total. The number of carbonyl (C=O) groups excluding carboxylic acids is 1. The van der Waals surface area contributed by atoms with Crippen LogP contribution in [0.25, 0.3) is 0 Å². The molecule has 1 aliphatic rings. The Balaban J connectivity index is 2.10. The molecule has 1 heterocycles. The normalized spacial score (nSPS) is 19.9. The van der Waals surface area contributed by atoms with Crippen LogP contribution in [0.2, 0.25) is 0 Å². The lowest BCUT2D eigenvalue weighted by Crippen LogP contribution is -2.46. The van der Waals surface area contributed by atoms with Crippen LogP contribution in [0.4, 0.5) is 8.78 Å². The van der Waals surface area contributed by atoms with E-state index in [1.165, 1.54) is 19.2 Å². The number of hydrogen-bond donors (Lipinski definition) is 0. The van der Waals surface area contributed by atoms with Crippen molar-refractivity contribution in [1.29, 1.82) is 0 Å². The zero-order valence-corrected chi connectivity index (χ0v) is 12.5. The van der Waals surface area contributed by atoms with Crippen LogP contribution in [0.15, 0.2) is 16.6 Å². The Labute approximate surface area is 123 Å². The van der Waals surface area contributed by atoms with Gasteiger partial charge in [0.15, 0.2) is 6.10 Å². The highest BCUT2D eigenvalue weighted by atomic mass is 79.9. The highest BCUT2D eigenvalue weighted by Crippen LogP contribution is 2.23. The number of rotatable bonds is 3. The van der Waals surface area contributed by atoms with Crippen molar-refractivity contribution in [2.75, 3.05) is 26.8 Å². The first-order chi connectivity index (χ1) is 9.52. The van der Waals surface area contributed by atoms with Crippen molar-refractivity contribution in [2.24, 2.45) is 0 Å². The second kappa shape index (κ2) is 6.60. The monoisotopic (exact) mass is 349 g/mol. The van der Waals surface area contributed by atoms with Crippen molar-refractivity contribution in [3.63, 3.8) is 0 Å². The minimum Gasteiger partial charge on any atom is -0.467 e. The summed E-state index contributed by atoms with van der Waals surface area (Å²) in [5.41, 5.74) is -0.0232. The molecular formula is C13H14BrF2NO3. The van der Waals surface area contributed by atoms with Crippen molar-refractivity contribution in [3.8, 4) is 0 Å². The van der Waals surface area contributed by atoms with Crippen molar-refractivity contribution in [2.45, 2.75) is 12.6 Å². The van der Waals surface area contributed by atoms with Gasteiger partial charge >= 0.3 is 5.97 Å². The SMILES string of the molecule is COC(=O)C1CN(Cc2c(F)ccc(Br)c2F)CCO1. The molecule has 1 fully saturated rings. The molecule has 1 aromatic rings. The van der Waals surface area contributed by atoms with Gasteiger partial charge in [0.1, 0.15) is 11.6 Å². The number of benzene rings is 1. The van der Waals surface area contributed by atoms with Crippen LogP contribution in [-0.4, -0.2) is 43.8 Å². The standard InChI is InChI=1S/C13H14BrF2NO3/c1-19-13(18)11-7-17(4-5-20-11)6-8-10(15)3-2-9(14)12(8)16/h2-3,11H,4-7H2,1H3. The van der Waals surface area contributed by atoms with E-state index in [0.29, 0.717) is 13.2 Å². The van der Waals surface area contributed by atoms with Gasteiger partial charge < -0.3 is 9.47 Å². The number of halogens is 3. The third-order valence-electron chi connectivity index (χ3n) is 3.14. The zero-order valence-electron chi connectivity index (χ0n) is 10.9. The molecule has 0 spiro atoms. The Morgan fingerprint density at radius 3 is 3.00 bits per heavy atom. The van der Waals surface area contributed by atoms with E-state index in [4.69, 9.17) is 4.74 Å². The van der Waals surface area contributed by atoms with Crippen molar-refractivity contribution >= 4 is 21.9 Å². The Kier molecular flexibility index (Phi) is 5.06. The Morgan fingerprint density at radius 1 is 1.55 bits per heavy atom. The summed E-state index contributed by atoms with van der Waals surface area (Å²) >= 11 is 3.03. The number of carbonyl (C=O) groups is 1.